The fraction of sp³-hybridized carbons (Fsp3) is 0.455. The molecular formula is C11H15NO. The van der Waals surface area contributed by atoms with Gasteiger partial charge in [-0.3, -0.25) is 0 Å². The van der Waals surface area contributed by atoms with Gasteiger partial charge in [0.05, 0.1) is 0 Å². The first-order chi connectivity index (χ1) is 6.25. The molecule has 0 bridgehead atoms. The van der Waals surface area contributed by atoms with Crippen molar-refractivity contribution in [3.8, 4) is 5.75 Å². The number of phenols is 1. The van der Waals surface area contributed by atoms with Gasteiger partial charge in [0.2, 0.25) is 0 Å². The van der Waals surface area contributed by atoms with Crippen LogP contribution in [0, 0.1) is 0 Å². The average molecular weight is 177 g/mol. The fourth-order valence-corrected chi connectivity index (χ4v) is 1.91. The fourth-order valence-electron chi connectivity index (χ4n) is 1.91. The first-order valence-electron chi connectivity index (χ1n) is 4.75. The maximum atomic E-state index is 9.35. The summed E-state index contributed by atoms with van der Waals surface area (Å²) in [6.07, 6.45) is 2.36. The number of aryl methyl sites for hydroxylation is 1. The zero-order chi connectivity index (χ0) is 9.26. The Morgan fingerprint density at radius 3 is 3.00 bits per heavy atom. The van der Waals surface area contributed by atoms with Gasteiger partial charge in [-0.2, -0.15) is 0 Å². The van der Waals surface area contributed by atoms with Crippen molar-refractivity contribution in [3.05, 3.63) is 29.3 Å². The van der Waals surface area contributed by atoms with E-state index in [9.17, 15) is 5.11 Å². The third-order valence-corrected chi connectivity index (χ3v) is 2.62. The molecule has 0 aromatic heterocycles. The van der Waals surface area contributed by atoms with Crippen molar-refractivity contribution < 1.29 is 5.11 Å². The van der Waals surface area contributed by atoms with Crippen molar-refractivity contribution in [2.45, 2.75) is 19.4 Å². The van der Waals surface area contributed by atoms with Gasteiger partial charge in [0, 0.05) is 6.54 Å². The Morgan fingerprint density at radius 2 is 2.15 bits per heavy atom. The SMILES string of the molecule is CN1CCCc2ccc(O)cc2C1. The molecule has 0 spiro atoms. The van der Waals surface area contributed by atoms with Crippen LogP contribution in [0.3, 0.4) is 0 Å². The first kappa shape index (κ1) is 8.57. The van der Waals surface area contributed by atoms with Gasteiger partial charge in [-0.25, -0.2) is 0 Å². The first-order valence-corrected chi connectivity index (χ1v) is 4.75. The number of hydrogen-bond acceptors (Lipinski definition) is 2. The van der Waals surface area contributed by atoms with E-state index < -0.39 is 0 Å². The lowest BCUT2D eigenvalue weighted by atomic mass is 10.0. The van der Waals surface area contributed by atoms with Crippen molar-refractivity contribution in [1.29, 1.82) is 0 Å². The monoisotopic (exact) mass is 177 g/mol. The van der Waals surface area contributed by atoms with E-state index in [-0.39, 0.29) is 0 Å². The largest absolute Gasteiger partial charge is 0.508 e. The topological polar surface area (TPSA) is 23.5 Å². The summed E-state index contributed by atoms with van der Waals surface area (Å²) in [7, 11) is 2.12. The number of benzene rings is 1. The number of nitrogens with zero attached hydrogens (tertiary/aromatic N) is 1. The average Bonchev–Trinajstić information content (AvgIpc) is 2.25. The smallest absolute Gasteiger partial charge is 0.115 e. The molecule has 0 amide bonds. The Hall–Kier alpha value is -1.02. The molecule has 1 aliphatic heterocycles. The van der Waals surface area contributed by atoms with Crippen LogP contribution in [0.1, 0.15) is 17.5 Å². The predicted molar refractivity (Wildman–Crippen MR) is 52.8 cm³/mol. The number of aromatic hydroxyl groups is 1. The summed E-state index contributed by atoms with van der Waals surface area (Å²) in [4.78, 5) is 2.30. The van der Waals surface area contributed by atoms with Gasteiger partial charge >= 0.3 is 0 Å². The molecule has 1 aromatic rings. The van der Waals surface area contributed by atoms with Crippen LogP contribution in [0.5, 0.6) is 5.75 Å². The Kier molecular flexibility index (Phi) is 2.23. The van der Waals surface area contributed by atoms with Crippen molar-refractivity contribution in [1.82, 2.24) is 4.90 Å². The van der Waals surface area contributed by atoms with E-state index in [1.54, 1.807) is 6.07 Å². The van der Waals surface area contributed by atoms with E-state index in [1.807, 2.05) is 12.1 Å². The zero-order valence-electron chi connectivity index (χ0n) is 7.95. The third kappa shape index (κ3) is 1.83. The van der Waals surface area contributed by atoms with Crippen LogP contribution in [0.4, 0.5) is 0 Å². The minimum Gasteiger partial charge on any atom is -0.508 e. The predicted octanol–water partition coefficient (Wildman–Crippen LogP) is 1.77. The Morgan fingerprint density at radius 1 is 1.31 bits per heavy atom. The summed E-state index contributed by atoms with van der Waals surface area (Å²) in [5, 5.41) is 9.35. The minimum absolute atomic E-state index is 0.383. The Bertz CT molecular complexity index is 309. The molecule has 2 nitrogen and oxygen atoms in total. The van der Waals surface area contributed by atoms with Gasteiger partial charge in [-0.1, -0.05) is 6.07 Å². The van der Waals surface area contributed by atoms with Crippen molar-refractivity contribution in [2.24, 2.45) is 0 Å². The second kappa shape index (κ2) is 3.38. The standard InChI is InChI=1S/C11H15NO/c1-12-6-2-3-9-4-5-11(13)7-10(9)8-12/h4-5,7,13H,2-3,6,8H2,1H3. The van der Waals surface area contributed by atoms with Crippen LogP contribution in [0.25, 0.3) is 0 Å². The lowest BCUT2D eigenvalue weighted by Crippen LogP contribution is -2.16. The lowest BCUT2D eigenvalue weighted by molar-refractivity contribution is 0.331. The summed E-state index contributed by atoms with van der Waals surface area (Å²) < 4.78 is 0. The van der Waals surface area contributed by atoms with E-state index in [0.717, 1.165) is 19.5 Å². The van der Waals surface area contributed by atoms with Gasteiger partial charge in [-0.05, 0) is 49.7 Å². The van der Waals surface area contributed by atoms with Crippen molar-refractivity contribution in [2.75, 3.05) is 13.6 Å². The summed E-state index contributed by atoms with van der Waals surface area (Å²) in [6, 6.07) is 5.71. The molecule has 70 valence electrons. The molecule has 1 aromatic carbocycles. The maximum Gasteiger partial charge on any atom is 0.115 e. The molecule has 2 heteroatoms. The molecule has 0 atom stereocenters. The van der Waals surface area contributed by atoms with Crippen LogP contribution < -0.4 is 0 Å². The molecule has 2 rings (SSSR count). The van der Waals surface area contributed by atoms with Crippen LogP contribution in [-0.4, -0.2) is 23.6 Å². The van der Waals surface area contributed by atoms with E-state index in [1.165, 1.54) is 17.5 Å². The molecule has 0 radical (unpaired) electrons. The normalized spacial score (nSPS) is 17.9. The minimum atomic E-state index is 0.383. The van der Waals surface area contributed by atoms with Gasteiger partial charge < -0.3 is 10.0 Å². The molecule has 1 aliphatic rings. The summed E-state index contributed by atoms with van der Waals surface area (Å²) in [5.74, 6) is 0.383. The molecule has 0 saturated heterocycles. The van der Waals surface area contributed by atoms with Gasteiger partial charge in [0.25, 0.3) is 0 Å². The van der Waals surface area contributed by atoms with E-state index in [2.05, 4.69) is 11.9 Å². The zero-order valence-corrected chi connectivity index (χ0v) is 7.95. The summed E-state index contributed by atoms with van der Waals surface area (Å²) in [5.41, 5.74) is 2.67. The van der Waals surface area contributed by atoms with Gasteiger partial charge in [0.1, 0.15) is 5.75 Å². The van der Waals surface area contributed by atoms with E-state index >= 15 is 0 Å². The van der Waals surface area contributed by atoms with E-state index in [0.29, 0.717) is 5.75 Å². The highest BCUT2D eigenvalue weighted by Gasteiger charge is 2.11. The lowest BCUT2D eigenvalue weighted by Gasteiger charge is -2.13. The molecule has 0 saturated carbocycles. The van der Waals surface area contributed by atoms with Crippen LogP contribution in [0.2, 0.25) is 0 Å². The molecule has 1 N–H and O–H groups in total. The highest BCUT2D eigenvalue weighted by atomic mass is 16.3. The van der Waals surface area contributed by atoms with Crippen LogP contribution >= 0.6 is 0 Å². The van der Waals surface area contributed by atoms with Gasteiger partial charge in [0.15, 0.2) is 0 Å². The number of phenolic OH excluding ortho intramolecular Hbond substituents is 1. The molecule has 1 heterocycles. The second-order valence-electron chi connectivity index (χ2n) is 3.79. The van der Waals surface area contributed by atoms with Crippen molar-refractivity contribution >= 4 is 0 Å². The molecular weight excluding hydrogens is 162 g/mol. The number of hydrogen-bond donors (Lipinski definition) is 1. The highest BCUT2D eigenvalue weighted by Crippen LogP contribution is 2.21. The van der Waals surface area contributed by atoms with Crippen LogP contribution in [0.15, 0.2) is 18.2 Å². The molecule has 0 unspecified atom stereocenters. The Balaban J connectivity index is 2.35. The van der Waals surface area contributed by atoms with Crippen LogP contribution in [-0.2, 0) is 13.0 Å². The highest BCUT2D eigenvalue weighted by molar-refractivity contribution is 5.35. The number of fused-ring (bicyclic) bond motifs is 1. The summed E-state index contributed by atoms with van der Waals surface area (Å²) >= 11 is 0. The van der Waals surface area contributed by atoms with E-state index in [4.69, 9.17) is 0 Å². The summed E-state index contributed by atoms with van der Waals surface area (Å²) in [6.45, 7) is 2.11. The quantitative estimate of drug-likeness (QED) is 0.653. The molecule has 13 heavy (non-hydrogen) atoms. The number of rotatable bonds is 0. The molecule has 0 aliphatic carbocycles. The third-order valence-electron chi connectivity index (χ3n) is 2.62. The van der Waals surface area contributed by atoms with Gasteiger partial charge in [-0.15, -0.1) is 0 Å². The van der Waals surface area contributed by atoms with Crippen molar-refractivity contribution in [3.63, 3.8) is 0 Å². The Labute approximate surface area is 78.8 Å². The molecule has 0 fully saturated rings. The maximum absolute atomic E-state index is 9.35. The second-order valence-corrected chi connectivity index (χ2v) is 3.79.